The van der Waals surface area contributed by atoms with Gasteiger partial charge >= 0.3 is 5.97 Å². The Kier molecular flexibility index (Phi) is 62.9. The molecule has 0 aromatic rings. The van der Waals surface area contributed by atoms with Gasteiger partial charge in [-0.2, -0.15) is 0 Å². The van der Waals surface area contributed by atoms with Crippen molar-refractivity contribution < 1.29 is 24.5 Å². The van der Waals surface area contributed by atoms with Gasteiger partial charge in [0.15, 0.2) is 0 Å². The van der Waals surface area contributed by atoms with Crippen molar-refractivity contribution >= 4 is 11.9 Å². The molecule has 0 heterocycles. The molecule has 6 heteroatoms. The van der Waals surface area contributed by atoms with Crippen molar-refractivity contribution in [1.82, 2.24) is 5.32 Å². The van der Waals surface area contributed by atoms with Gasteiger partial charge < -0.3 is 20.3 Å². The maximum Gasteiger partial charge on any atom is 0.305 e. The fourth-order valence-corrected chi connectivity index (χ4v) is 10.9. The predicted octanol–water partition coefficient (Wildman–Crippen LogP) is 21.6. The molecule has 2 atom stereocenters. The smallest absolute Gasteiger partial charge is 0.305 e. The van der Waals surface area contributed by atoms with E-state index in [1.54, 1.807) is 0 Å². The number of hydrogen-bond donors (Lipinski definition) is 3. The summed E-state index contributed by atoms with van der Waals surface area (Å²) < 4.78 is 5.51. The second kappa shape index (κ2) is 64.1. The van der Waals surface area contributed by atoms with Gasteiger partial charge in [-0.1, -0.05) is 334 Å². The average Bonchev–Trinajstić information content (AvgIpc) is 3.40. The number of ether oxygens (including phenoxy) is 1. The highest BCUT2D eigenvalue weighted by molar-refractivity contribution is 5.76. The van der Waals surface area contributed by atoms with Crippen molar-refractivity contribution in [3.63, 3.8) is 0 Å². The number of esters is 1. The molecule has 0 aromatic carbocycles. The summed E-state index contributed by atoms with van der Waals surface area (Å²) in [7, 11) is 0. The van der Waals surface area contributed by atoms with Gasteiger partial charge in [-0.25, -0.2) is 0 Å². The van der Waals surface area contributed by atoms with E-state index in [2.05, 4.69) is 31.3 Å². The minimum Gasteiger partial charge on any atom is -0.466 e. The van der Waals surface area contributed by atoms with E-state index in [9.17, 15) is 19.8 Å². The van der Waals surface area contributed by atoms with Crippen molar-refractivity contribution in [1.29, 1.82) is 0 Å². The number of nitrogens with one attached hydrogen (secondary N) is 1. The van der Waals surface area contributed by atoms with Crippen LogP contribution in [0.3, 0.4) is 0 Å². The number of rotatable bonds is 64. The highest BCUT2D eigenvalue weighted by Crippen LogP contribution is 2.19. The van der Waals surface area contributed by atoms with Crippen molar-refractivity contribution in [2.45, 2.75) is 398 Å². The number of aliphatic hydroxyl groups is 2. The van der Waals surface area contributed by atoms with E-state index < -0.39 is 12.1 Å². The molecule has 74 heavy (non-hydrogen) atoms. The third-order valence-electron chi connectivity index (χ3n) is 16.1. The first-order chi connectivity index (χ1) is 36.5. The SMILES string of the molecule is CCCCCCCCCCCCCCCCCCCCCC(=O)OCCCCCCCCCCCCCC/C=C\CCCCCCCCCCC(=O)NC(CO)C(O)CCCCCCCCCCCCCCCC. The lowest BCUT2D eigenvalue weighted by atomic mass is 10.0. The molecule has 0 fully saturated rings. The standard InChI is InChI=1S/C68H133NO5/c1-3-5-7-9-11-13-15-17-19-20-27-31-34-38-42-46-50-54-58-62-68(73)74-63-59-55-51-47-43-39-35-32-29-26-24-22-21-23-25-28-30-33-37-41-45-49-53-57-61-67(72)69-65(64-70)66(71)60-56-52-48-44-40-36-18-16-14-12-10-8-6-4-2/h23,25,65-66,70-71H,3-22,24,26-64H2,1-2H3,(H,69,72)/b25-23-. The Morgan fingerprint density at radius 3 is 0.959 bits per heavy atom. The Morgan fingerprint density at radius 1 is 0.365 bits per heavy atom. The van der Waals surface area contributed by atoms with Crippen LogP contribution in [0.1, 0.15) is 386 Å². The summed E-state index contributed by atoms with van der Waals surface area (Å²) in [4.78, 5) is 24.6. The molecule has 0 spiro atoms. The summed E-state index contributed by atoms with van der Waals surface area (Å²) in [6, 6.07) is -0.544. The van der Waals surface area contributed by atoms with Crippen LogP contribution in [0.25, 0.3) is 0 Å². The molecule has 0 aliphatic heterocycles. The molecule has 3 N–H and O–H groups in total. The molecule has 0 radical (unpaired) electrons. The number of amides is 1. The second-order valence-corrected chi connectivity index (χ2v) is 23.5. The first-order valence-electron chi connectivity index (χ1n) is 33.9. The van der Waals surface area contributed by atoms with E-state index in [1.165, 1.54) is 315 Å². The topological polar surface area (TPSA) is 95.9 Å². The number of unbranched alkanes of at least 4 members (excludes halogenated alkanes) is 51. The van der Waals surface area contributed by atoms with Crippen LogP contribution in [0.2, 0.25) is 0 Å². The largest absolute Gasteiger partial charge is 0.466 e. The maximum atomic E-state index is 12.5. The molecule has 0 aliphatic carbocycles. The van der Waals surface area contributed by atoms with Gasteiger partial charge in [0.1, 0.15) is 0 Å². The third kappa shape index (κ3) is 59.8. The van der Waals surface area contributed by atoms with Crippen LogP contribution in [-0.2, 0) is 14.3 Å². The van der Waals surface area contributed by atoms with Gasteiger partial charge in [-0.15, -0.1) is 0 Å². The average molecular weight is 1040 g/mol. The summed E-state index contributed by atoms with van der Waals surface area (Å²) in [5, 5.41) is 23.3. The van der Waals surface area contributed by atoms with Crippen LogP contribution in [-0.4, -0.2) is 47.4 Å². The first kappa shape index (κ1) is 72.6. The molecule has 0 rings (SSSR count). The van der Waals surface area contributed by atoms with E-state index in [4.69, 9.17) is 4.74 Å². The Hall–Kier alpha value is -1.40. The summed E-state index contributed by atoms with van der Waals surface area (Å²) in [6.45, 7) is 4.99. The van der Waals surface area contributed by atoms with Crippen LogP contribution in [0.5, 0.6) is 0 Å². The van der Waals surface area contributed by atoms with Crippen molar-refractivity contribution in [2.24, 2.45) is 0 Å². The maximum absolute atomic E-state index is 12.5. The zero-order chi connectivity index (χ0) is 53.6. The van der Waals surface area contributed by atoms with Crippen LogP contribution in [0.15, 0.2) is 12.2 Å². The number of allylic oxidation sites excluding steroid dienone is 2. The molecule has 2 unspecified atom stereocenters. The lowest BCUT2D eigenvalue weighted by molar-refractivity contribution is -0.143. The number of aliphatic hydroxyl groups excluding tert-OH is 2. The van der Waals surface area contributed by atoms with Gasteiger partial charge in [0.05, 0.1) is 25.4 Å². The number of carbonyl (C=O) groups excluding carboxylic acids is 2. The first-order valence-corrected chi connectivity index (χ1v) is 33.9. The molecule has 0 aromatic heterocycles. The van der Waals surface area contributed by atoms with E-state index in [1.807, 2.05) is 0 Å². The van der Waals surface area contributed by atoms with Crippen molar-refractivity contribution in [3.8, 4) is 0 Å². The van der Waals surface area contributed by atoms with Crippen molar-refractivity contribution in [3.05, 3.63) is 12.2 Å². The summed E-state index contributed by atoms with van der Waals surface area (Å²) in [5.41, 5.74) is 0. The third-order valence-corrected chi connectivity index (χ3v) is 16.1. The fourth-order valence-electron chi connectivity index (χ4n) is 10.9. The number of carbonyl (C=O) groups is 2. The lowest BCUT2D eigenvalue weighted by Crippen LogP contribution is -2.45. The van der Waals surface area contributed by atoms with Gasteiger partial charge in [-0.05, 0) is 51.4 Å². The molecule has 0 saturated heterocycles. The van der Waals surface area contributed by atoms with E-state index in [0.29, 0.717) is 25.9 Å². The summed E-state index contributed by atoms with van der Waals surface area (Å²) in [6.07, 6.45) is 78.2. The van der Waals surface area contributed by atoms with Crippen molar-refractivity contribution in [2.75, 3.05) is 13.2 Å². The molecule has 1 amide bonds. The molecule has 0 aliphatic rings. The molecule has 0 saturated carbocycles. The normalized spacial score (nSPS) is 12.5. The van der Waals surface area contributed by atoms with Gasteiger partial charge in [-0.3, -0.25) is 9.59 Å². The van der Waals surface area contributed by atoms with E-state index in [0.717, 1.165) is 38.5 Å². The van der Waals surface area contributed by atoms with E-state index >= 15 is 0 Å². The highest BCUT2D eigenvalue weighted by atomic mass is 16.5. The van der Waals surface area contributed by atoms with Crippen LogP contribution < -0.4 is 5.32 Å². The van der Waals surface area contributed by atoms with Crippen LogP contribution in [0, 0.1) is 0 Å². The van der Waals surface area contributed by atoms with Gasteiger partial charge in [0.25, 0.3) is 0 Å². The van der Waals surface area contributed by atoms with Gasteiger partial charge in [0, 0.05) is 12.8 Å². The molecular formula is C68H133NO5. The van der Waals surface area contributed by atoms with E-state index in [-0.39, 0.29) is 18.5 Å². The molecule has 0 bridgehead atoms. The Balaban J connectivity index is 3.36. The second-order valence-electron chi connectivity index (χ2n) is 23.5. The monoisotopic (exact) mass is 1040 g/mol. The fraction of sp³-hybridized carbons (Fsp3) is 0.941. The summed E-state index contributed by atoms with van der Waals surface area (Å²) >= 11 is 0. The minimum absolute atomic E-state index is 0.0183. The molecular weight excluding hydrogens is 911 g/mol. The van der Waals surface area contributed by atoms with Crippen LogP contribution in [0.4, 0.5) is 0 Å². The Bertz CT molecular complexity index is 1110. The van der Waals surface area contributed by atoms with Crippen LogP contribution >= 0.6 is 0 Å². The highest BCUT2D eigenvalue weighted by Gasteiger charge is 2.20. The summed E-state index contributed by atoms with van der Waals surface area (Å²) in [5.74, 6) is -0.0187. The Labute approximate surface area is 463 Å². The minimum atomic E-state index is -0.666. The number of hydrogen-bond acceptors (Lipinski definition) is 5. The quantitative estimate of drug-likeness (QED) is 0.0320. The predicted molar refractivity (Wildman–Crippen MR) is 324 cm³/mol. The Morgan fingerprint density at radius 2 is 0.635 bits per heavy atom. The zero-order valence-electron chi connectivity index (χ0n) is 50.4. The molecule has 6 nitrogen and oxygen atoms in total. The molecule has 440 valence electrons. The van der Waals surface area contributed by atoms with Gasteiger partial charge in [0.2, 0.25) is 5.91 Å². The lowest BCUT2D eigenvalue weighted by Gasteiger charge is -2.22. The zero-order valence-corrected chi connectivity index (χ0v) is 50.4.